The molecule has 3 aromatic rings. The fraction of sp³-hybridized carbons (Fsp3) is 0.421. The quantitative estimate of drug-likeness (QED) is 0.661. The van der Waals surface area contributed by atoms with Crippen LogP contribution in [0.3, 0.4) is 0 Å². The summed E-state index contributed by atoms with van der Waals surface area (Å²) in [5.41, 5.74) is 2.14. The Bertz CT molecular complexity index is 1120. The van der Waals surface area contributed by atoms with Gasteiger partial charge in [0.15, 0.2) is 5.58 Å². The lowest BCUT2D eigenvalue weighted by Crippen LogP contribution is -2.34. The Morgan fingerprint density at radius 1 is 1.14 bits per heavy atom. The summed E-state index contributed by atoms with van der Waals surface area (Å²) in [4.78, 5) is 10.7. The zero-order chi connectivity index (χ0) is 19.3. The van der Waals surface area contributed by atoms with Crippen LogP contribution in [0, 0.1) is 18.8 Å². The topological polar surface area (TPSA) is 92.4 Å². The molecule has 0 spiro atoms. The molecule has 8 nitrogen and oxygen atoms in total. The van der Waals surface area contributed by atoms with Crippen LogP contribution >= 0.6 is 0 Å². The number of para-hydroxylation sites is 1. The van der Waals surface area contributed by atoms with Crippen LogP contribution in [0.2, 0.25) is 0 Å². The molecule has 2 unspecified atom stereocenters. The van der Waals surface area contributed by atoms with E-state index in [-0.39, 0.29) is 5.75 Å². The summed E-state index contributed by atoms with van der Waals surface area (Å²) in [5, 5.41) is 4.74. The maximum absolute atomic E-state index is 13.0. The van der Waals surface area contributed by atoms with Gasteiger partial charge in [0.1, 0.15) is 23.6 Å². The molecule has 2 aromatic heterocycles. The Morgan fingerprint density at radius 2 is 1.89 bits per heavy atom. The first-order chi connectivity index (χ1) is 13.5. The highest BCUT2D eigenvalue weighted by Crippen LogP contribution is 2.36. The van der Waals surface area contributed by atoms with Crippen LogP contribution in [0.25, 0.3) is 11.0 Å². The normalized spacial score (nSPS) is 22.8. The van der Waals surface area contributed by atoms with Crippen molar-refractivity contribution in [1.82, 2.24) is 19.4 Å². The Morgan fingerprint density at radius 3 is 2.64 bits per heavy atom. The van der Waals surface area contributed by atoms with E-state index in [0.717, 1.165) is 29.9 Å². The van der Waals surface area contributed by atoms with Crippen molar-refractivity contribution in [2.45, 2.75) is 12.7 Å². The second-order valence-electron chi connectivity index (χ2n) is 7.65. The molecule has 0 bridgehead atoms. The van der Waals surface area contributed by atoms with Gasteiger partial charge in [0.25, 0.3) is 0 Å². The summed E-state index contributed by atoms with van der Waals surface area (Å²) < 4.78 is 32.9. The molecule has 5 rings (SSSR count). The predicted octanol–water partition coefficient (Wildman–Crippen LogP) is 1.82. The fourth-order valence-corrected chi connectivity index (χ4v) is 5.95. The number of hydrogen-bond acceptors (Lipinski definition) is 7. The zero-order valence-electron chi connectivity index (χ0n) is 15.5. The van der Waals surface area contributed by atoms with Gasteiger partial charge in [0, 0.05) is 43.3 Å². The van der Waals surface area contributed by atoms with E-state index in [1.54, 1.807) is 16.7 Å². The van der Waals surface area contributed by atoms with Crippen molar-refractivity contribution in [3.63, 3.8) is 0 Å². The molecule has 146 valence electrons. The molecule has 2 aliphatic heterocycles. The molecule has 0 aliphatic carbocycles. The summed E-state index contributed by atoms with van der Waals surface area (Å²) >= 11 is 0. The SMILES string of the molecule is Cc1cncnc1N1CC2CN(S(=O)(=O)Cc3noc4ccccc34)CC2C1. The number of sulfonamides is 1. The van der Waals surface area contributed by atoms with Gasteiger partial charge >= 0.3 is 0 Å². The molecule has 1 aromatic carbocycles. The first-order valence-corrected chi connectivity index (χ1v) is 10.9. The number of hydrogen-bond donors (Lipinski definition) is 0. The number of benzene rings is 1. The van der Waals surface area contributed by atoms with Gasteiger partial charge in [-0.3, -0.25) is 0 Å². The molecule has 2 fully saturated rings. The van der Waals surface area contributed by atoms with E-state index in [9.17, 15) is 8.42 Å². The van der Waals surface area contributed by atoms with Crippen molar-refractivity contribution >= 4 is 26.8 Å². The Labute approximate surface area is 163 Å². The van der Waals surface area contributed by atoms with Gasteiger partial charge < -0.3 is 9.42 Å². The van der Waals surface area contributed by atoms with E-state index >= 15 is 0 Å². The summed E-state index contributed by atoms with van der Waals surface area (Å²) in [5.74, 6) is 1.46. The Balaban J connectivity index is 1.30. The highest BCUT2D eigenvalue weighted by Gasteiger charge is 2.44. The highest BCUT2D eigenvalue weighted by atomic mass is 32.2. The standard InChI is InChI=1S/C19H21N5O3S/c1-13-6-20-12-21-19(13)23-7-14-9-24(10-15(14)8-23)28(25,26)11-17-16-4-2-3-5-18(16)27-22-17/h2-6,12,14-15H,7-11H2,1H3. The van der Waals surface area contributed by atoms with Gasteiger partial charge in [-0.2, -0.15) is 0 Å². The van der Waals surface area contributed by atoms with E-state index in [1.807, 2.05) is 31.3 Å². The molecule has 0 amide bonds. The van der Waals surface area contributed by atoms with Gasteiger partial charge in [0.05, 0.1) is 0 Å². The lowest BCUT2D eigenvalue weighted by atomic mass is 10.0. The fourth-order valence-electron chi connectivity index (χ4n) is 4.38. The molecule has 0 N–H and O–H groups in total. The van der Waals surface area contributed by atoms with Crippen molar-refractivity contribution in [1.29, 1.82) is 0 Å². The molecule has 2 saturated heterocycles. The van der Waals surface area contributed by atoms with Gasteiger partial charge in [0.2, 0.25) is 10.0 Å². The lowest BCUT2D eigenvalue weighted by molar-refractivity contribution is 0.438. The lowest BCUT2D eigenvalue weighted by Gasteiger charge is -2.22. The molecule has 4 heterocycles. The average molecular weight is 399 g/mol. The third-order valence-electron chi connectivity index (χ3n) is 5.78. The van der Waals surface area contributed by atoms with Crippen LogP contribution in [0.15, 0.2) is 41.3 Å². The van der Waals surface area contributed by atoms with Crippen LogP contribution in [-0.4, -0.2) is 54.0 Å². The first-order valence-electron chi connectivity index (χ1n) is 9.34. The first kappa shape index (κ1) is 17.6. The molecule has 2 atom stereocenters. The third kappa shape index (κ3) is 2.94. The molecule has 0 saturated carbocycles. The predicted molar refractivity (Wildman–Crippen MR) is 104 cm³/mol. The summed E-state index contributed by atoms with van der Waals surface area (Å²) in [6.07, 6.45) is 3.38. The third-order valence-corrected chi connectivity index (χ3v) is 7.51. The molecule has 0 radical (unpaired) electrons. The van der Waals surface area contributed by atoms with Gasteiger partial charge in [-0.15, -0.1) is 0 Å². The van der Waals surface area contributed by atoms with Crippen LogP contribution < -0.4 is 4.90 Å². The number of aryl methyl sites for hydroxylation is 1. The maximum Gasteiger partial charge on any atom is 0.220 e. The number of anilines is 1. The van der Waals surface area contributed by atoms with E-state index in [2.05, 4.69) is 20.0 Å². The van der Waals surface area contributed by atoms with Crippen LogP contribution in [-0.2, 0) is 15.8 Å². The van der Waals surface area contributed by atoms with Gasteiger partial charge in [-0.25, -0.2) is 22.7 Å². The number of rotatable bonds is 4. The van der Waals surface area contributed by atoms with E-state index in [0.29, 0.717) is 36.2 Å². The summed E-state index contributed by atoms with van der Waals surface area (Å²) in [6.45, 7) is 4.73. The molecule has 28 heavy (non-hydrogen) atoms. The summed E-state index contributed by atoms with van der Waals surface area (Å²) in [6, 6.07) is 7.35. The van der Waals surface area contributed by atoms with Crippen molar-refractivity contribution in [3.05, 3.63) is 48.0 Å². The van der Waals surface area contributed by atoms with Crippen molar-refractivity contribution in [2.24, 2.45) is 11.8 Å². The Kier molecular flexibility index (Phi) is 4.09. The molecule has 2 aliphatic rings. The van der Waals surface area contributed by atoms with E-state index < -0.39 is 10.0 Å². The minimum Gasteiger partial charge on any atom is -0.356 e. The Hall–Kier alpha value is -2.52. The minimum absolute atomic E-state index is 0.127. The van der Waals surface area contributed by atoms with Gasteiger partial charge in [-0.1, -0.05) is 17.3 Å². The second-order valence-corrected chi connectivity index (χ2v) is 9.62. The number of fused-ring (bicyclic) bond motifs is 2. The molecule has 9 heteroatoms. The van der Waals surface area contributed by atoms with E-state index in [1.165, 1.54) is 0 Å². The number of nitrogens with zero attached hydrogens (tertiary/aromatic N) is 5. The van der Waals surface area contributed by atoms with Crippen molar-refractivity contribution in [2.75, 3.05) is 31.1 Å². The van der Waals surface area contributed by atoms with Crippen LogP contribution in [0.4, 0.5) is 5.82 Å². The number of aromatic nitrogens is 3. The van der Waals surface area contributed by atoms with E-state index in [4.69, 9.17) is 4.52 Å². The second kappa shape index (κ2) is 6.52. The smallest absolute Gasteiger partial charge is 0.220 e. The largest absolute Gasteiger partial charge is 0.356 e. The maximum atomic E-state index is 13.0. The van der Waals surface area contributed by atoms with Gasteiger partial charge in [-0.05, 0) is 30.9 Å². The summed E-state index contributed by atoms with van der Waals surface area (Å²) in [7, 11) is -3.44. The average Bonchev–Trinajstić information content (AvgIpc) is 3.36. The van der Waals surface area contributed by atoms with Crippen molar-refractivity contribution in [3.8, 4) is 0 Å². The zero-order valence-corrected chi connectivity index (χ0v) is 16.3. The van der Waals surface area contributed by atoms with Crippen LogP contribution in [0.1, 0.15) is 11.3 Å². The van der Waals surface area contributed by atoms with Crippen LogP contribution in [0.5, 0.6) is 0 Å². The molecular formula is C19H21N5O3S. The molecular weight excluding hydrogens is 378 g/mol. The minimum atomic E-state index is -3.44. The van der Waals surface area contributed by atoms with Crippen molar-refractivity contribution < 1.29 is 12.9 Å². The highest BCUT2D eigenvalue weighted by molar-refractivity contribution is 7.88. The monoisotopic (exact) mass is 399 g/mol.